The van der Waals surface area contributed by atoms with Crippen molar-refractivity contribution in [3.05, 3.63) is 97.2 Å². The molecule has 0 rings (SSSR count). The van der Waals surface area contributed by atoms with Gasteiger partial charge in [0.1, 0.15) is 19.3 Å². The molecule has 3 unspecified atom stereocenters. The third-order valence-corrected chi connectivity index (χ3v) is 15.0. The summed E-state index contributed by atoms with van der Waals surface area (Å²) < 4.78 is 30.3. The first-order valence-corrected chi connectivity index (χ1v) is 34.0. The fourth-order valence-electron chi connectivity index (χ4n) is 8.92. The quantitative estimate of drug-likeness (QED) is 0.0212. The van der Waals surface area contributed by atoms with Crippen LogP contribution in [0.4, 0.5) is 0 Å². The molecule has 0 spiro atoms. The summed E-state index contributed by atoms with van der Waals surface area (Å²) in [5.74, 6) is -0.586. The number of quaternary nitrogens is 1. The van der Waals surface area contributed by atoms with Crippen LogP contribution in [0.2, 0.25) is 0 Å². The minimum atomic E-state index is -4.72. The van der Waals surface area contributed by atoms with Gasteiger partial charge in [0.15, 0.2) is 0 Å². The van der Waals surface area contributed by atoms with Gasteiger partial charge in [-0.2, -0.15) is 0 Å². The molecule has 9 nitrogen and oxygen atoms in total. The van der Waals surface area contributed by atoms with Crippen molar-refractivity contribution < 1.29 is 37.3 Å². The summed E-state index contributed by atoms with van der Waals surface area (Å²) in [6.45, 7) is 6.76. The Morgan fingerprint density at radius 3 is 1.19 bits per heavy atom. The number of nitrogens with one attached hydrogen (secondary N) is 1. The van der Waals surface area contributed by atoms with Gasteiger partial charge in [0.2, 0.25) is 5.91 Å². The maximum absolute atomic E-state index is 13.5. The van der Waals surface area contributed by atoms with E-state index < -0.39 is 26.6 Å². The SMILES string of the molecule is CCCCC/C=C\C/C=C\C/C=C\C/C=C\CCCCCC(=O)NC(COP(=O)([O-])OCC[N+](C)(C)C)C(/C=C/CCCCCCCCCCCCC)OC(=O)CCCCCCCCCC/C=C\C/C=C\C/C=C\CCCCC. The Balaban J connectivity index is 5.32. The minimum absolute atomic E-state index is 0.0342. The number of hydrogen-bond acceptors (Lipinski definition) is 7. The van der Waals surface area contributed by atoms with Crippen molar-refractivity contribution in [2.24, 2.45) is 0 Å². The van der Waals surface area contributed by atoms with Crippen molar-refractivity contribution in [3.63, 3.8) is 0 Å². The van der Waals surface area contributed by atoms with Crippen molar-refractivity contribution in [2.45, 2.75) is 290 Å². The number of likely N-dealkylation sites (N-methyl/N-ethyl adjacent to an activating group) is 1. The molecule has 0 bridgehead atoms. The predicted octanol–water partition coefficient (Wildman–Crippen LogP) is 19.7. The Labute approximate surface area is 488 Å². The van der Waals surface area contributed by atoms with E-state index in [0.29, 0.717) is 23.9 Å². The molecule has 0 aliphatic carbocycles. The second-order valence-corrected chi connectivity index (χ2v) is 24.3. The smallest absolute Gasteiger partial charge is 0.306 e. The van der Waals surface area contributed by atoms with Gasteiger partial charge >= 0.3 is 5.97 Å². The number of unbranched alkanes of at least 4 members (excludes halogenated alkanes) is 28. The predicted molar refractivity (Wildman–Crippen MR) is 339 cm³/mol. The molecule has 3 atom stereocenters. The van der Waals surface area contributed by atoms with Crippen molar-refractivity contribution in [1.29, 1.82) is 0 Å². The summed E-state index contributed by atoms with van der Waals surface area (Å²) in [5.41, 5.74) is 0. The van der Waals surface area contributed by atoms with Crippen molar-refractivity contribution in [2.75, 3.05) is 40.9 Å². The monoisotopic (exact) mass is 1120 g/mol. The van der Waals surface area contributed by atoms with Gasteiger partial charge in [0.05, 0.1) is 33.8 Å². The van der Waals surface area contributed by atoms with Gasteiger partial charge in [-0.3, -0.25) is 14.2 Å². The highest BCUT2D eigenvalue weighted by atomic mass is 31.2. The number of esters is 1. The first-order chi connectivity index (χ1) is 38.4. The fraction of sp³-hybridized carbons (Fsp3) is 0.739. The highest BCUT2D eigenvalue weighted by Gasteiger charge is 2.27. The van der Waals surface area contributed by atoms with Gasteiger partial charge in [-0.25, -0.2) is 0 Å². The van der Waals surface area contributed by atoms with E-state index in [0.717, 1.165) is 96.3 Å². The number of carbonyl (C=O) groups is 2. The average Bonchev–Trinajstić information content (AvgIpc) is 3.41. The first-order valence-electron chi connectivity index (χ1n) is 32.5. The standard InChI is InChI=1S/C69H123N2O7P/c1-7-10-13-16-19-22-25-28-30-32-34-35-37-39-41-44-47-50-53-56-59-62-69(73)78-67(60-57-54-51-48-45-42-27-24-21-18-15-12-9-3)66(65-77-79(74,75)76-64-63-71(4,5)6)70-68(72)61-58-55-52-49-46-43-40-38-36-33-31-29-26-23-20-17-14-11-8-2/h19-20,22-23,28-31,34-36,38,43,46,57,60,66-67H,7-18,21,24-27,32-33,37,39-42,44-45,47-56,58-59,61-65H2,1-6H3,(H-,70,72,74,75)/b22-19-,23-20-,30-28-,31-29-,35-34-,38-36-,46-43-,60-57+. The number of phosphoric ester groups is 1. The van der Waals surface area contributed by atoms with Crippen LogP contribution in [0.25, 0.3) is 0 Å². The summed E-state index contributed by atoms with van der Waals surface area (Å²) in [5, 5.41) is 3.01. The first kappa shape index (κ1) is 75.9. The number of hydrogen-bond donors (Lipinski definition) is 1. The lowest BCUT2D eigenvalue weighted by molar-refractivity contribution is -0.870. The molecule has 0 aliphatic heterocycles. The molecule has 0 aromatic rings. The molecule has 10 heteroatoms. The second-order valence-electron chi connectivity index (χ2n) is 22.9. The normalized spacial score (nSPS) is 14.3. The van der Waals surface area contributed by atoms with E-state index in [-0.39, 0.29) is 31.3 Å². The van der Waals surface area contributed by atoms with E-state index in [4.69, 9.17) is 13.8 Å². The zero-order chi connectivity index (χ0) is 57.9. The van der Waals surface area contributed by atoms with Crippen LogP contribution in [0, 0.1) is 0 Å². The lowest BCUT2D eigenvalue weighted by Gasteiger charge is -2.30. The maximum atomic E-state index is 13.5. The van der Waals surface area contributed by atoms with E-state index >= 15 is 0 Å². The zero-order valence-electron chi connectivity index (χ0n) is 52.1. The Kier molecular flexibility index (Phi) is 55.9. The molecular weight excluding hydrogens is 1000 g/mol. The number of rotatable bonds is 58. The van der Waals surface area contributed by atoms with Gasteiger partial charge in [-0.1, -0.05) is 247 Å². The summed E-state index contributed by atoms with van der Waals surface area (Å²) in [4.78, 5) is 40.1. The molecule has 0 radical (unpaired) electrons. The summed E-state index contributed by atoms with van der Waals surface area (Å²) >= 11 is 0. The highest BCUT2D eigenvalue weighted by molar-refractivity contribution is 7.45. The van der Waals surface area contributed by atoms with Crippen LogP contribution in [-0.2, 0) is 27.9 Å². The molecule has 0 aromatic carbocycles. The van der Waals surface area contributed by atoms with E-state index in [1.54, 1.807) is 0 Å². The molecule has 0 saturated carbocycles. The number of nitrogens with zero attached hydrogens (tertiary/aromatic N) is 1. The van der Waals surface area contributed by atoms with Crippen LogP contribution in [0.1, 0.15) is 278 Å². The largest absolute Gasteiger partial charge is 0.756 e. The Bertz CT molecular complexity index is 1670. The molecule has 0 saturated heterocycles. The van der Waals surface area contributed by atoms with Crippen LogP contribution in [0.5, 0.6) is 0 Å². The average molecular weight is 1120 g/mol. The van der Waals surface area contributed by atoms with Gasteiger partial charge < -0.3 is 28.5 Å². The van der Waals surface area contributed by atoms with Crippen LogP contribution in [0.3, 0.4) is 0 Å². The van der Waals surface area contributed by atoms with Gasteiger partial charge in [-0.15, -0.1) is 0 Å². The lowest BCUT2D eigenvalue weighted by atomic mass is 10.0. The molecule has 0 fully saturated rings. The van der Waals surface area contributed by atoms with Gasteiger partial charge in [0.25, 0.3) is 7.82 Å². The van der Waals surface area contributed by atoms with Crippen molar-refractivity contribution >= 4 is 19.7 Å². The summed E-state index contributed by atoms with van der Waals surface area (Å²) in [6.07, 6.45) is 78.0. The van der Waals surface area contributed by atoms with E-state index in [1.165, 1.54) is 135 Å². The molecule has 456 valence electrons. The number of allylic oxidation sites excluding steroid dienone is 15. The molecule has 0 heterocycles. The Morgan fingerprint density at radius 1 is 0.443 bits per heavy atom. The van der Waals surface area contributed by atoms with Crippen LogP contribution < -0.4 is 10.2 Å². The number of phosphoric acid groups is 1. The van der Waals surface area contributed by atoms with Crippen LogP contribution >= 0.6 is 7.82 Å². The van der Waals surface area contributed by atoms with Gasteiger partial charge in [-0.05, 0) is 115 Å². The maximum Gasteiger partial charge on any atom is 0.306 e. The van der Waals surface area contributed by atoms with Crippen LogP contribution in [-0.4, -0.2) is 69.4 Å². The van der Waals surface area contributed by atoms with Crippen molar-refractivity contribution in [1.82, 2.24) is 5.32 Å². The number of amides is 1. The molecular formula is C69H123N2O7P. The zero-order valence-corrected chi connectivity index (χ0v) is 52.9. The summed E-state index contributed by atoms with van der Waals surface area (Å²) in [7, 11) is 1.15. The summed E-state index contributed by atoms with van der Waals surface area (Å²) in [6, 6.07) is -0.914. The third-order valence-electron chi connectivity index (χ3n) is 14.0. The van der Waals surface area contributed by atoms with Crippen LogP contribution in [0.15, 0.2) is 97.2 Å². The lowest BCUT2D eigenvalue weighted by Crippen LogP contribution is -2.47. The van der Waals surface area contributed by atoms with E-state index in [9.17, 15) is 19.0 Å². The van der Waals surface area contributed by atoms with Crippen molar-refractivity contribution in [3.8, 4) is 0 Å². The topological polar surface area (TPSA) is 114 Å². The third kappa shape index (κ3) is 59.4. The fourth-order valence-corrected chi connectivity index (χ4v) is 9.65. The molecule has 79 heavy (non-hydrogen) atoms. The Morgan fingerprint density at radius 2 is 0.772 bits per heavy atom. The molecule has 1 amide bonds. The second kappa shape index (κ2) is 58.1. The molecule has 1 N–H and O–H groups in total. The van der Waals surface area contributed by atoms with Gasteiger partial charge in [0, 0.05) is 12.8 Å². The van der Waals surface area contributed by atoms with E-state index in [1.807, 2.05) is 33.3 Å². The molecule has 0 aromatic heterocycles. The highest BCUT2D eigenvalue weighted by Crippen LogP contribution is 2.38. The number of carbonyl (C=O) groups excluding carboxylic acids is 2. The van der Waals surface area contributed by atoms with E-state index in [2.05, 4.69) is 111 Å². The number of ether oxygens (including phenoxy) is 1. The minimum Gasteiger partial charge on any atom is -0.756 e. The Hall–Kier alpha value is -3.07. The molecule has 0 aliphatic rings.